The van der Waals surface area contributed by atoms with Crippen LogP contribution >= 0.6 is 0 Å². The third kappa shape index (κ3) is 2.24. The van der Waals surface area contributed by atoms with E-state index in [4.69, 9.17) is 5.11 Å². The lowest BCUT2D eigenvalue weighted by molar-refractivity contribution is -0.133. The minimum absolute atomic E-state index is 0.302. The van der Waals surface area contributed by atoms with E-state index in [1.807, 2.05) is 0 Å². The highest BCUT2D eigenvalue weighted by molar-refractivity contribution is 5.85. The maximum absolute atomic E-state index is 10.8. The lowest BCUT2D eigenvalue weighted by Gasteiger charge is -2.45. The second kappa shape index (κ2) is 3.99. The number of carbonyl (C=O) groups is 1. The topological polar surface area (TPSA) is 37.3 Å². The van der Waals surface area contributed by atoms with Crippen LogP contribution in [0, 0.1) is 11.3 Å². The second-order valence-corrected chi connectivity index (χ2v) is 5.44. The van der Waals surface area contributed by atoms with Crippen LogP contribution in [0.2, 0.25) is 0 Å². The predicted molar refractivity (Wildman–Crippen MR) is 59.6 cm³/mol. The van der Waals surface area contributed by atoms with Gasteiger partial charge in [-0.05, 0) is 37.0 Å². The third-order valence-corrected chi connectivity index (χ3v) is 4.25. The van der Waals surface area contributed by atoms with Gasteiger partial charge in [0, 0.05) is 5.57 Å². The number of hydrogen-bond donors (Lipinski definition) is 1. The summed E-state index contributed by atoms with van der Waals surface area (Å²) in [4.78, 5) is 10.8. The first-order valence-electron chi connectivity index (χ1n) is 6.02. The van der Waals surface area contributed by atoms with Crippen molar-refractivity contribution in [1.29, 1.82) is 0 Å². The van der Waals surface area contributed by atoms with Gasteiger partial charge < -0.3 is 5.11 Å². The first kappa shape index (κ1) is 10.7. The zero-order valence-corrected chi connectivity index (χ0v) is 9.30. The van der Waals surface area contributed by atoms with E-state index in [1.54, 1.807) is 0 Å². The predicted octanol–water partition coefficient (Wildman–Crippen LogP) is 3.38. The van der Waals surface area contributed by atoms with Crippen LogP contribution in [0.25, 0.3) is 0 Å². The number of aliphatic carboxylic acids is 1. The molecule has 2 rings (SSSR count). The molecule has 0 unspecified atom stereocenters. The molecule has 15 heavy (non-hydrogen) atoms. The molecule has 2 nitrogen and oxygen atoms in total. The monoisotopic (exact) mass is 208 g/mol. The highest BCUT2D eigenvalue weighted by Gasteiger charge is 2.39. The van der Waals surface area contributed by atoms with Gasteiger partial charge in [-0.2, -0.15) is 0 Å². The Morgan fingerprint density at radius 2 is 1.93 bits per heavy atom. The summed E-state index contributed by atoms with van der Waals surface area (Å²) in [5.41, 5.74) is 0.717. The van der Waals surface area contributed by atoms with Gasteiger partial charge in [0.2, 0.25) is 0 Å². The largest absolute Gasteiger partial charge is 0.478 e. The maximum Gasteiger partial charge on any atom is 0.330 e. The van der Waals surface area contributed by atoms with E-state index in [9.17, 15) is 4.79 Å². The molecular formula is C13H20O2. The fraction of sp³-hybridized carbons (Fsp3) is 0.769. The Labute approximate surface area is 91.4 Å². The molecule has 2 bridgehead atoms. The summed E-state index contributed by atoms with van der Waals surface area (Å²) in [6.07, 6.45) is 9.71. The summed E-state index contributed by atoms with van der Waals surface area (Å²) in [6, 6.07) is 0. The number of carboxylic acid groups (broad SMARTS) is 1. The van der Waals surface area contributed by atoms with Crippen molar-refractivity contribution >= 4 is 5.97 Å². The Kier molecular flexibility index (Phi) is 2.85. The molecule has 0 heterocycles. The summed E-state index contributed by atoms with van der Waals surface area (Å²) in [5, 5.41) is 8.91. The molecule has 0 spiro atoms. The van der Waals surface area contributed by atoms with E-state index in [-0.39, 0.29) is 0 Å². The van der Waals surface area contributed by atoms with Crippen LogP contribution in [0.15, 0.2) is 12.2 Å². The van der Waals surface area contributed by atoms with Crippen molar-refractivity contribution in [3.05, 3.63) is 12.2 Å². The van der Waals surface area contributed by atoms with Crippen LogP contribution < -0.4 is 0 Å². The van der Waals surface area contributed by atoms with E-state index in [1.165, 1.54) is 44.9 Å². The third-order valence-electron chi connectivity index (χ3n) is 4.25. The maximum atomic E-state index is 10.8. The lowest BCUT2D eigenvalue weighted by atomic mass is 9.60. The Morgan fingerprint density at radius 3 is 2.47 bits per heavy atom. The number of hydrogen-bond acceptors (Lipinski definition) is 1. The first-order valence-corrected chi connectivity index (χ1v) is 6.02. The van der Waals surface area contributed by atoms with Gasteiger partial charge in [-0.15, -0.1) is 0 Å². The fourth-order valence-corrected chi connectivity index (χ4v) is 3.60. The average molecular weight is 208 g/mol. The van der Waals surface area contributed by atoms with Crippen LogP contribution in [0.5, 0.6) is 0 Å². The SMILES string of the molecule is C=C(CC12CCCC(CCC1)C2)C(=O)O. The molecule has 0 aliphatic heterocycles. The summed E-state index contributed by atoms with van der Waals surface area (Å²) in [6.45, 7) is 3.69. The fourth-order valence-electron chi connectivity index (χ4n) is 3.60. The van der Waals surface area contributed by atoms with Gasteiger partial charge in [-0.3, -0.25) is 0 Å². The van der Waals surface area contributed by atoms with E-state index < -0.39 is 5.97 Å². The van der Waals surface area contributed by atoms with Crippen molar-refractivity contribution in [3.8, 4) is 0 Å². The molecule has 2 aliphatic carbocycles. The van der Waals surface area contributed by atoms with Crippen molar-refractivity contribution in [2.24, 2.45) is 11.3 Å². The van der Waals surface area contributed by atoms with E-state index in [2.05, 4.69) is 6.58 Å². The van der Waals surface area contributed by atoms with Crippen molar-refractivity contribution in [2.45, 2.75) is 51.4 Å². The second-order valence-electron chi connectivity index (χ2n) is 5.44. The molecule has 0 saturated heterocycles. The zero-order valence-electron chi connectivity index (χ0n) is 9.30. The molecule has 2 saturated carbocycles. The highest BCUT2D eigenvalue weighted by Crippen LogP contribution is 2.51. The molecule has 84 valence electrons. The van der Waals surface area contributed by atoms with Crippen LogP contribution in [0.3, 0.4) is 0 Å². The zero-order chi connectivity index (χ0) is 10.9. The van der Waals surface area contributed by atoms with Gasteiger partial charge in [0.15, 0.2) is 0 Å². The lowest BCUT2D eigenvalue weighted by Crippen LogP contribution is -2.33. The molecule has 2 heteroatoms. The number of rotatable bonds is 3. The number of fused-ring (bicyclic) bond motifs is 2. The Balaban J connectivity index is 2.04. The summed E-state index contributed by atoms with van der Waals surface area (Å²) >= 11 is 0. The molecule has 0 atom stereocenters. The van der Waals surface area contributed by atoms with Gasteiger partial charge in [0.1, 0.15) is 0 Å². The summed E-state index contributed by atoms with van der Waals surface area (Å²) < 4.78 is 0. The van der Waals surface area contributed by atoms with Crippen LogP contribution in [0.1, 0.15) is 51.4 Å². The highest BCUT2D eigenvalue weighted by atomic mass is 16.4. The normalized spacial score (nSPS) is 34.8. The molecule has 0 aromatic heterocycles. The Bertz CT molecular complexity index is 270. The van der Waals surface area contributed by atoms with Crippen molar-refractivity contribution in [2.75, 3.05) is 0 Å². The van der Waals surface area contributed by atoms with E-state index in [0.29, 0.717) is 11.0 Å². The van der Waals surface area contributed by atoms with Gasteiger partial charge in [-0.25, -0.2) is 4.79 Å². The standard InChI is InChI=1S/C13H20O2/c1-10(12(14)15)8-13-6-2-4-11(9-13)5-3-7-13/h11H,1-9H2,(H,14,15). The minimum atomic E-state index is -0.808. The number of carboxylic acids is 1. The van der Waals surface area contributed by atoms with Gasteiger partial charge in [-0.1, -0.05) is 32.3 Å². The minimum Gasteiger partial charge on any atom is -0.478 e. The quantitative estimate of drug-likeness (QED) is 0.722. The molecule has 0 aromatic carbocycles. The van der Waals surface area contributed by atoms with Crippen LogP contribution in [-0.2, 0) is 4.79 Å². The van der Waals surface area contributed by atoms with Gasteiger partial charge >= 0.3 is 5.97 Å². The molecule has 1 N–H and O–H groups in total. The summed E-state index contributed by atoms with van der Waals surface area (Å²) in [7, 11) is 0. The van der Waals surface area contributed by atoms with Crippen LogP contribution in [0.4, 0.5) is 0 Å². The van der Waals surface area contributed by atoms with Gasteiger partial charge in [0.05, 0.1) is 0 Å². The first-order chi connectivity index (χ1) is 7.11. The van der Waals surface area contributed by atoms with Crippen molar-refractivity contribution in [1.82, 2.24) is 0 Å². The molecule has 2 fully saturated rings. The van der Waals surface area contributed by atoms with Gasteiger partial charge in [0.25, 0.3) is 0 Å². The average Bonchev–Trinajstić information content (AvgIpc) is 2.17. The van der Waals surface area contributed by atoms with Crippen molar-refractivity contribution < 1.29 is 9.90 Å². The molecule has 0 radical (unpaired) electrons. The van der Waals surface area contributed by atoms with E-state index >= 15 is 0 Å². The molecule has 0 amide bonds. The Hall–Kier alpha value is -0.790. The van der Waals surface area contributed by atoms with E-state index in [0.717, 1.165) is 12.3 Å². The molecule has 0 aromatic rings. The molecule has 2 aliphatic rings. The molecular weight excluding hydrogens is 188 g/mol. The summed E-state index contributed by atoms with van der Waals surface area (Å²) in [5.74, 6) is 0.0613. The smallest absolute Gasteiger partial charge is 0.330 e. The Morgan fingerprint density at radius 1 is 1.33 bits per heavy atom. The van der Waals surface area contributed by atoms with Crippen molar-refractivity contribution in [3.63, 3.8) is 0 Å². The van der Waals surface area contributed by atoms with Crippen LogP contribution in [-0.4, -0.2) is 11.1 Å².